The summed E-state index contributed by atoms with van der Waals surface area (Å²) in [6.07, 6.45) is -0.662. The number of ether oxygens (including phenoxy) is 1. The molecule has 0 aromatic carbocycles. The molecule has 0 aliphatic carbocycles. The number of carbonyl (C=O) groups excluding carboxylic acids is 1. The molecule has 0 aliphatic heterocycles. The number of aliphatic hydroxyl groups is 1. The number of esters is 1. The first-order chi connectivity index (χ1) is 5.34. The Morgan fingerprint density at radius 3 is 2.08 bits per heavy atom. The largest absolute Gasteiger partial charge is 0.469 e. The van der Waals surface area contributed by atoms with Gasteiger partial charge in [0.15, 0.2) is 0 Å². The van der Waals surface area contributed by atoms with Crippen LogP contribution in [0.5, 0.6) is 0 Å². The summed E-state index contributed by atoms with van der Waals surface area (Å²) in [5.74, 6) is -0.317. The molecule has 0 aromatic heterocycles. The molecule has 3 heteroatoms. The summed E-state index contributed by atoms with van der Waals surface area (Å²) >= 11 is 0. The molecule has 0 rings (SSSR count). The zero-order valence-corrected chi connectivity index (χ0v) is 8.42. The molecule has 0 heterocycles. The van der Waals surface area contributed by atoms with Crippen LogP contribution in [0.3, 0.4) is 0 Å². The van der Waals surface area contributed by atoms with Crippen molar-refractivity contribution in [3.63, 3.8) is 0 Å². The van der Waals surface area contributed by atoms with Gasteiger partial charge >= 0.3 is 5.97 Å². The Morgan fingerprint density at radius 2 is 1.83 bits per heavy atom. The standard InChI is InChI=1S/C9H18O3/c1-6(2)7(10)9(3,4)8(11)12-5/h6-7,10H,1-5H3. The highest BCUT2D eigenvalue weighted by atomic mass is 16.5. The fourth-order valence-electron chi connectivity index (χ4n) is 1.22. The number of methoxy groups -OCH3 is 1. The van der Waals surface area contributed by atoms with Gasteiger partial charge in [0, 0.05) is 0 Å². The van der Waals surface area contributed by atoms with Crippen LogP contribution in [0.15, 0.2) is 0 Å². The molecule has 0 fully saturated rings. The van der Waals surface area contributed by atoms with Crippen LogP contribution < -0.4 is 0 Å². The number of aliphatic hydroxyl groups excluding tert-OH is 1. The third kappa shape index (κ3) is 2.21. The highest BCUT2D eigenvalue weighted by molar-refractivity contribution is 5.76. The van der Waals surface area contributed by atoms with E-state index in [0.717, 1.165) is 0 Å². The van der Waals surface area contributed by atoms with E-state index in [1.807, 2.05) is 13.8 Å². The Balaban J connectivity index is 4.48. The molecule has 0 aliphatic rings. The first kappa shape index (κ1) is 11.4. The number of hydrogen-bond acceptors (Lipinski definition) is 3. The van der Waals surface area contributed by atoms with E-state index in [-0.39, 0.29) is 11.9 Å². The van der Waals surface area contributed by atoms with Crippen molar-refractivity contribution in [1.82, 2.24) is 0 Å². The molecule has 0 radical (unpaired) electrons. The summed E-state index contributed by atoms with van der Waals surface area (Å²) in [5.41, 5.74) is -0.817. The molecule has 0 saturated heterocycles. The van der Waals surface area contributed by atoms with Gasteiger partial charge in [0.25, 0.3) is 0 Å². The average molecular weight is 174 g/mol. The van der Waals surface area contributed by atoms with Crippen LogP contribution in [0.25, 0.3) is 0 Å². The molecule has 3 nitrogen and oxygen atoms in total. The first-order valence-corrected chi connectivity index (χ1v) is 4.10. The second kappa shape index (κ2) is 3.90. The quantitative estimate of drug-likeness (QED) is 0.654. The number of hydrogen-bond donors (Lipinski definition) is 1. The Morgan fingerprint density at radius 1 is 1.42 bits per heavy atom. The molecule has 1 N–H and O–H groups in total. The Hall–Kier alpha value is -0.570. The fraction of sp³-hybridized carbons (Fsp3) is 0.889. The maximum atomic E-state index is 11.2. The summed E-state index contributed by atoms with van der Waals surface area (Å²) < 4.78 is 4.59. The summed E-state index contributed by atoms with van der Waals surface area (Å²) in [6, 6.07) is 0. The molecule has 0 aromatic rings. The monoisotopic (exact) mass is 174 g/mol. The second-order valence-corrected chi connectivity index (χ2v) is 3.90. The van der Waals surface area contributed by atoms with Gasteiger partial charge in [0.1, 0.15) is 0 Å². The zero-order valence-electron chi connectivity index (χ0n) is 8.42. The second-order valence-electron chi connectivity index (χ2n) is 3.90. The van der Waals surface area contributed by atoms with Gasteiger partial charge in [-0.15, -0.1) is 0 Å². The topological polar surface area (TPSA) is 46.5 Å². The SMILES string of the molecule is COC(=O)C(C)(C)C(O)C(C)C. The minimum absolute atomic E-state index is 0.0547. The van der Waals surface area contributed by atoms with Crippen molar-refractivity contribution < 1.29 is 14.6 Å². The van der Waals surface area contributed by atoms with Crippen LogP contribution >= 0.6 is 0 Å². The van der Waals surface area contributed by atoms with Gasteiger partial charge in [-0.05, 0) is 19.8 Å². The fourth-order valence-corrected chi connectivity index (χ4v) is 1.22. The van der Waals surface area contributed by atoms with E-state index < -0.39 is 11.5 Å². The van der Waals surface area contributed by atoms with Crippen molar-refractivity contribution in [3.05, 3.63) is 0 Å². The predicted molar refractivity (Wildman–Crippen MR) is 46.6 cm³/mol. The third-order valence-corrected chi connectivity index (χ3v) is 2.08. The van der Waals surface area contributed by atoms with E-state index in [4.69, 9.17) is 0 Å². The summed E-state index contributed by atoms with van der Waals surface area (Å²) in [4.78, 5) is 11.2. The van der Waals surface area contributed by atoms with E-state index in [2.05, 4.69) is 4.74 Å². The molecule has 12 heavy (non-hydrogen) atoms. The third-order valence-electron chi connectivity index (χ3n) is 2.08. The first-order valence-electron chi connectivity index (χ1n) is 4.10. The maximum Gasteiger partial charge on any atom is 0.313 e. The molecule has 0 amide bonds. The van der Waals surface area contributed by atoms with Crippen molar-refractivity contribution in [2.24, 2.45) is 11.3 Å². The van der Waals surface area contributed by atoms with Crippen LogP contribution in [0.4, 0.5) is 0 Å². The Kier molecular flexibility index (Phi) is 3.71. The van der Waals surface area contributed by atoms with Crippen LogP contribution in [0.2, 0.25) is 0 Å². The highest BCUT2D eigenvalue weighted by Crippen LogP contribution is 2.27. The number of rotatable bonds is 3. The van der Waals surface area contributed by atoms with Gasteiger partial charge in [0.2, 0.25) is 0 Å². The van der Waals surface area contributed by atoms with Gasteiger partial charge in [0.05, 0.1) is 18.6 Å². The minimum atomic E-state index is -0.817. The molecule has 0 bridgehead atoms. The zero-order chi connectivity index (χ0) is 9.94. The van der Waals surface area contributed by atoms with E-state index in [0.29, 0.717) is 0 Å². The van der Waals surface area contributed by atoms with Crippen molar-refractivity contribution in [2.75, 3.05) is 7.11 Å². The summed E-state index contributed by atoms with van der Waals surface area (Å²) in [7, 11) is 1.33. The van der Waals surface area contributed by atoms with Crippen LogP contribution in [0.1, 0.15) is 27.7 Å². The van der Waals surface area contributed by atoms with E-state index >= 15 is 0 Å². The lowest BCUT2D eigenvalue weighted by molar-refractivity contribution is -0.159. The van der Waals surface area contributed by atoms with Gasteiger partial charge in [-0.3, -0.25) is 4.79 Å². The van der Waals surface area contributed by atoms with Crippen molar-refractivity contribution >= 4 is 5.97 Å². The van der Waals surface area contributed by atoms with E-state index in [1.54, 1.807) is 13.8 Å². The molecule has 72 valence electrons. The average Bonchev–Trinajstić information content (AvgIpc) is 2.01. The Labute approximate surface area is 73.7 Å². The van der Waals surface area contributed by atoms with Gasteiger partial charge < -0.3 is 9.84 Å². The predicted octanol–water partition coefficient (Wildman–Crippen LogP) is 1.20. The minimum Gasteiger partial charge on any atom is -0.469 e. The maximum absolute atomic E-state index is 11.2. The summed E-state index contributed by atoms with van der Waals surface area (Å²) in [6.45, 7) is 7.11. The lowest BCUT2D eigenvalue weighted by Gasteiger charge is -2.30. The van der Waals surface area contributed by atoms with Gasteiger partial charge in [-0.1, -0.05) is 13.8 Å². The molecule has 0 spiro atoms. The molecular formula is C9H18O3. The van der Waals surface area contributed by atoms with Crippen molar-refractivity contribution in [2.45, 2.75) is 33.8 Å². The number of carbonyl (C=O) groups is 1. The van der Waals surface area contributed by atoms with Gasteiger partial charge in [-0.25, -0.2) is 0 Å². The van der Waals surface area contributed by atoms with Crippen molar-refractivity contribution in [3.8, 4) is 0 Å². The smallest absolute Gasteiger partial charge is 0.313 e. The Bertz CT molecular complexity index is 161. The lowest BCUT2D eigenvalue weighted by atomic mass is 9.81. The van der Waals surface area contributed by atoms with Crippen LogP contribution in [-0.4, -0.2) is 24.3 Å². The lowest BCUT2D eigenvalue weighted by Crippen LogP contribution is -2.41. The van der Waals surface area contributed by atoms with E-state index in [1.165, 1.54) is 7.11 Å². The summed E-state index contributed by atoms with van der Waals surface area (Å²) in [5, 5.41) is 9.65. The molecule has 1 unspecified atom stereocenters. The molecular weight excluding hydrogens is 156 g/mol. The van der Waals surface area contributed by atoms with Crippen LogP contribution in [-0.2, 0) is 9.53 Å². The van der Waals surface area contributed by atoms with Crippen molar-refractivity contribution in [1.29, 1.82) is 0 Å². The van der Waals surface area contributed by atoms with Crippen LogP contribution in [0, 0.1) is 11.3 Å². The molecule has 0 saturated carbocycles. The van der Waals surface area contributed by atoms with Gasteiger partial charge in [-0.2, -0.15) is 0 Å². The highest BCUT2D eigenvalue weighted by Gasteiger charge is 2.38. The normalized spacial score (nSPS) is 14.6. The van der Waals surface area contributed by atoms with E-state index in [9.17, 15) is 9.90 Å². The molecule has 1 atom stereocenters.